The average Bonchev–Trinajstić information content (AvgIpc) is 2.82. The number of urea groups is 1. The lowest BCUT2D eigenvalue weighted by atomic mass is 9.88. The number of imide groups is 1. The number of rotatable bonds is 5. The lowest BCUT2D eigenvalue weighted by Crippen LogP contribution is -2.55. The molecule has 0 saturated carbocycles. The Hall–Kier alpha value is -2.14. The van der Waals surface area contributed by atoms with Gasteiger partial charge in [0.15, 0.2) is 0 Å². The summed E-state index contributed by atoms with van der Waals surface area (Å²) in [6.07, 6.45) is 2.87. The summed E-state index contributed by atoms with van der Waals surface area (Å²) in [4.78, 5) is 26.9. The van der Waals surface area contributed by atoms with E-state index in [2.05, 4.69) is 11.9 Å². The molecule has 2 rings (SSSR count). The van der Waals surface area contributed by atoms with Gasteiger partial charge in [0, 0.05) is 5.41 Å². The van der Waals surface area contributed by atoms with Crippen LogP contribution in [-0.2, 0) is 16.0 Å². The molecule has 0 radical (unpaired) electrons. The van der Waals surface area contributed by atoms with E-state index in [9.17, 15) is 9.59 Å². The molecule has 5 nitrogen and oxygen atoms in total. The van der Waals surface area contributed by atoms with Crippen molar-refractivity contribution in [1.82, 2.24) is 10.2 Å². The largest absolute Gasteiger partial charge is 0.354 e. The van der Waals surface area contributed by atoms with Crippen LogP contribution in [0.25, 0.3) is 0 Å². The fraction of sp³-hybridized carbons (Fsp3) is 0.500. The number of carbonyl (C=O) groups excluding carboxylic acids is 2. The summed E-state index contributed by atoms with van der Waals surface area (Å²) in [5.41, 5.74) is -0.311. The van der Waals surface area contributed by atoms with Crippen LogP contribution in [0, 0.1) is 5.41 Å². The van der Waals surface area contributed by atoms with Gasteiger partial charge < -0.3 is 4.74 Å². The molecule has 0 aromatic heterocycles. The number of benzene rings is 1. The number of allylic oxidation sites excluding steroid dienone is 1. The fourth-order valence-electron chi connectivity index (χ4n) is 3.11. The number of nitrogens with zero attached hydrogens (tertiary/aromatic N) is 1. The monoisotopic (exact) mass is 344 g/mol. The van der Waals surface area contributed by atoms with Crippen molar-refractivity contribution in [2.45, 2.75) is 52.3 Å². The van der Waals surface area contributed by atoms with Crippen LogP contribution in [0.4, 0.5) is 4.79 Å². The van der Waals surface area contributed by atoms with E-state index in [0.29, 0.717) is 19.4 Å². The quantitative estimate of drug-likeness (QED) is 0.832. The normalized spacial score (nSPS) is 19.5. The molecule has 0 unspecified atom stereocenters. The third-order valence-electron chi connectivity index (χ3n) is 4.60. The van der Waals surface area contributed by atoms with Gasteiger partial charge in [0.2, 0.25) is 5.91 Å². The maximum Gasteiger partial charge on any atom is 0.326 e. The second-order valence-electron chi connectivity index (χ2n) is 7.61. The van der Waals surface area contributed by atoms with Crippen LogP contribution in [0.3, 0.4) is 0 Å². The van der Waals surface area contributed by atoms with Gasteiger partial charge in [-0.15, -0.1) is 6.58 Å². The van der Waals surface area contributed by atoms with Gasteiger partial charge in [0.05, 0.1) is 12.6 Å². The van der Waals surface area contributed by atoms with Gasteiger partial charge in [-0.1, -0.05) is 50.3 Å². The topological polar surface area (TPSA) is 58.6 Å². The van der Waals surface area contributed by atoms with Gasteiger partial charge in [0.1, 0.15) is 5.72 Å². The standard InChI is InChI=1S/C20H28N2O3/c1-6-12-19(2,3)17(23)21-18(24)22-16(14-25-20(22,4)5)13-15-10-8-7-9-11-15/h6-11,16H,1,12-14H2,2-5H3,(H,21,23,24)/t16-/m0/s1. The Balaban J connectivity index is 2.13. The molecular weight excluding hydrogens is 316 g/mol. The van der Waals surface area contributed by atoms with Crippen LogP contribution in [0.15, 0.2) is 43.0 Å². The maximum absolute atomic E-state index is 12.8. The third-order valence-corrected chi connectivity index (χ3v) is 4.60. The van der Waals surface area contributed by atoms with Gasteiger partial charge in [-0.2, -0.15) is 0 Å². The van der Waals surface area contributed by atoms with Gasteiger partial charge in [-0.05, 0) is 32.3 Å². The molecule has 136 valence electrons. The smallest absolute Gasteiger partial charge is 0.326 e. The van der Waals surface area contributed by atoms with Gasteiger partial charge >= 0.3 is 6.03 Å². The number of amides is 3. The lowest BCUT2D eigenvalue weighted by molar-refractivity contribution is -0.128. The Bertz CT molecular complexity index is 638. The number of nitrogens with one attached hydrogen (secondary N) is 1. The summed E-state index contributed by atoms with van der Waals surface area (Å²) in [6.45, 7) is 11.4. The zero-order valence-corrected chi connectivity index (χ0v) is 15.5. The van der Waals surface area contributed by atoms with Crippen LogP contribution in [0.2, 0.25) is 0 Å². The average molecular weight is 344 g/mol. The first-order valence-electron chi connectivity index (χ1n) is 8.61. The van der Waals surface area contributed by atoms with Gasteiger partial charge in [-0.3, -0.25) is 15.0 Å². The molecule has 5 heteroatoms. The molecule has 0 spiro atoms. The van der Waals surface area contributed by atoms with Crippen LogP contribution in [0.5, 0.6) is 0 Å². The van der Waals surface area contributed by atoms with Crippen molar-refractivity contribution < 1.29 is 14.3 Å². The summed E-state index contributed by atoms with van der Waals surface area (Å²) in [5, 5.41) is 2.54. The van der Waals surface area contributed by atoms with E-state index in [-0.39, 0.29) is 11.9 Å². The molecule has 1 atom stereocenters. The second kappa shape index (κ2) is 7.40. The van der Waals surface area contributed by atoms with E-state index in [1.807, 2.05) is 44.2 Å². The fourth-order valence-corrected chi connectivity index (χ4v) is 3.11. The van der Waals surface area contributed by atoms with Crippen molar-refractivity contribution in [2.24, 2.45) is 5.41 Å². The van der Waals surface area contributed by atoms with Crippen molar-refractivity contribution in [3.8, 4) is 0 Å². The Morgan fingerprint density at radius 3 is 2.60 bits per heavy atom. The summed E-state index contributed by atoms with van der Waals surface area (Å²) >= 11 is 0. The molecule has 1 saturated heterocycles. The van der Waals surface area contributed by atoms with Crippen molar-refractivity contribution in [3.05, 3.63) is 48.6 Å². The summed E-state index contributed by atoms with van der Waals surface area (Å²) < 4.78 is 5.81. The summed E-state index contributed by atoms with van der Waals surface area (Å²) in [5.74, 6) is -0.307. The molecule has 1 N–H and O–H groups in total. The minimum Gasteiger partial charge on any atom is -0.354 e. The zero-order chi connectivity index (χ0) is 18.7. The Labute approximate surface area is 150 Å². The number of hydrogen-bond acceptors (Lipinski definition) is 3. The van der Waals surface area contributed by atoms with E-state index < -0.39 is 17.2 Å². The second-order valence-corrected chi connectivity index (χ2v) is 7.61. The highest BCUT2D eigenvalue weighted by Crippen LogP contribution is 2.30. The van der Waals surface area contributed by atoms with Crippen molar-refractivity contribution in [2.75, 3.05) is 6.61 Å². The van der Waals surface area contributed by atoms with E-state index in [1.54, 1.807) is 24.8 Å². The van der Waals surface area contributed by atoms with Crippen molar-refractivity contribution in [1.29, 1.82) is 0 Å². The highest BCUT2D eigenvalue weighted by atomic mass is 16.5. The highest BCUT2D eigenvalue weighted by molar-refractivity contribution is 5.97. The van der Waals surface area contributed by atoms with Crippen molar-refractivity contribution in [3.63, 3.8) is 0 Å². The van der Waals surface area contributed by atoms with E-state index in [1.165, 1.54) is 0 Å². The minimum absolute atomic E-state index is 0.118. The SMILES string of the molecule is C=CCC(C)(C)C(=O)NC(=O)N1[C@@H](Cc2ccccc2)COC1(C)C. The Kier molecular flexibility index (Phi) is 5.68. The van der Waals surface area contributed by atoms with Crippen LogP contribution >= 0.6 is 0 Å². The number of ether oxygens (including phenoxy) is 1. The Morgan fingerprint density at radius 2 is 2.00 bits per heavy atom. The minimum atomic E-state index is -0.758. The third kappa shape index (κ3) is 4.48. The van der Waals surface area contributed by atoms with E-state index in [4.69, 9.17) is 4.74 Å². The van der Waals surface area contributed by atoms with Crippen LogP contribution < -0.4 is 5.32 Å². The molecule has 0 bridgehead atoms. The Morgan fingerprint density at radius 1 is 1.36 bits per heavy atom. The molecule has 3 amide bonds. The zero-order valence-electron chi connectivity index (χ0n) is 15.5. The highest BCUT2D eigenvalue weighted by Gasteiger charge is 2.44. The molecular formula is C20H28N2O3. The van der Waals surface area contributed by atoms with Crippen LogP contribution in [-0.4, -0.2) is 35.2 Å². The predicted molar refractivity (Wildman–Crippen MR) is 97.9 cm³/mol. The molecule has 1 aromatic carbocycles. The van der Waals surface area contributed by atoms with Crippen LogP contribution in [0.1, 0.15) is 39.7 Å². The van der Waals surface area contributed by atoms with Crippen molar-refractivity contribution >= 4 is 11.9 Å². The first-order chi connectivity index (χ1) is 11.7. The van der Waals surface area contributed by atoms with E-state index in [0.717, 1.165) is 5.56 Å². The number of carbonyl (C=O) groups is 2. The first kappa shape index (κ1) is 19.2. The first-order valence-corrected chi connectivity index (χ1v) is 8.61. The molecule has 1 aliphatic rings. The summed E-state index contributed by atoms with van der Waals surface area (Å²) in [6, 6.07) is 9.44. The molecule has 1 aromatic rings. The lowest BCUT2D eigenvalue weighted by Gasteiger charge is -2.34. The van der Waals surface area contributed by atoms with E-state index >= 15 is 0 Å². The molecule has 1 fully saturated rings. The number of hydrogen-bond donors (Lipinski definition) is 1. The van der Waals surface area contributed by atoms with Gasteiger partial charge in [0.25, 0.3) is 0 Å². The van der Waals surface area contributed by atoms with Gasteiger partial charge in [-0.25, -0.2) is 4.79 Å². The molecule has 1 heterocycles. The summed E-state index contributed by atoms with van der Waals surface area (Å²) in [7, 11) is 0. The maximum atomic E-state index is 12.8. The molecule has 0 aliphatic carbocycles. The predicted octanol–water partition coefficient (Wildman–Crippen LogP) is 3.50. The molecule has 25 heavy (non-hydrogen) atoms. The molecule has 1 aliphatic heterocycles.